The summed E-state index contributed by atoms with van der Waals surface area (Å²) in [5.41, 5.74) is 1.61. The molecular weight excluding hydrogens is 338 g/mol. The Balaban J connectivity index is 1.70. The highest BCUT2D eigenvalue weighted by Gasteiger charge is 2.36. The quantitative estimate of drug-likeness (QED) is 0.773. The van der Waals surface area contributed by atoms with Crippen LogP contribution in [-0.2, 0) is 4.79 Å². The van der Waals surface area contributed by atoms with E-state index in [9.17, 15) is 4.79 Å². The summed E-state index contributed by atoms with van der Waals surface area (Å²) in [5.74, 6) is 1.59. The van der Waals surface area contributed by atoms with Crippen LogP contribution in [0, 0.1) is 0 Å². The Labute approximate surface area is 158 Å². The molecule has 3 aromatic rings. The number of para-hydroxylation sites is 1. The van der Waals surface area contributed by atoms with Gasteiger partial charge in [0.2, 0.25) is 5.91 Å². The Hall–Kier alpha value is -3.02. The Bertz CT molecular complexity index is 981. The maximum Gasteiger partial charge on any atom is 0.225 e. The van der Waals surface area contributed by atoms with Gasteiger partial charge < -0.3 is 10.2 Å². The number of pyridine rings is 1. The summed E-state index contributed by atoms with van der Waals surface area (Å²) in [6, 6.07) is 11.8. The van der Waals surface area contributed by atoms with Gasteiger partial charge in [0.25, 0.3) is 0 Å². The molecule has 2 aromatic heterocycles. The summed E-state index contributed by atoms with van der Waals surface area (Å²) in [5, 5.41) is 4.45. The number of amides is 1. The number of nitrogens with zero attached hydrogens (tertiary/aromatic N) is 4. The van der Waals surface area contributed by atoms with E-state index in [4.69, 9.17) is 9.97 Å². The van der Waals surface area contributed by atoms with E-state index < -0.39 is 0 Å². The molecule has 1 aliphatic rings. The van der Waals surface area contributed by atoms with Crippen LogP contribution < -0.4 is 5.32 Å². The van der Waals surface area contributed by atoms with Gasteiger partial charge in [-0.1, -0.05) is 12.1 Å². The smallest absolute Gasteiger partial charge is 0.225 e. The van der Waals surface area contributed by atoms with E-state index >= 15 is 0 Å². The minimum absolute atomic E-state index is 0.0281. The zero-order valence-electron chi connectivity index (χ0n) is 15.8. The number of aromatic nitrogens is 3. The van der Waals surface area contributed by atoms with Crippen LogP contribution >= 0.6 is 0 Å². The number of carbonyl (C=O) groups is 1. The molecule has 0 aliphatic carbocycles. The van der Waals surface area contributed by atoms with Gasteiger partial charge in [-0.3, -0.25) is 9.78 Å². The molecule has 0 bridgehead atoms. The number of likely N-dealkylation sites (tertiary alicyclic amines) is 1. The number of hydrogen-bond donors (Lipinski definition) is 1. The maximum atomic E-state index is 12.4. The third-order valence-corrected chi connectivity index (χ3v) is 4.82. The Morgan fingerprint density at radius 1 is 1.07 bits per heavy atom. The van der Waals surface area contributed by atoms with Crippen LogP contribution in [0.1, 0.15) is 27.2 Å². The predicted molar refractivity (Wildman–Crippen MR) is 106 cm³/mol. The van der Waals surface area contributed by atoms with Crippen molar-refractivity contribution in [1.82, 2.24) is 19.9 Å². The lowest BCUT2D eigenvalue weighted by atomic mass is 10.1. The molecule has 1 aliphatic heterocycles. The maximum absolute atomic E-state index is 12.4. The highest BCUT2D eigenvalue weighted by molar-refractivity contribution is 5.91. The van der Waals surface area contributed by atoms with Crippen molar-refractivity contribution in [3.8, 4) is 11.4 Å². The molecule has 4 rings (SSSR count). The molecule has 1 fully saturated rings. The van der Waals surface area contributed by atoms with E-state index in [0.717, 1.165) is 22.3 Å². The first-order chi connectivity index (χ1) is 12.9. The van der Waals surface area contributed by atoms with Crippen molar-refractivity contribution in [2.75, 3.05) is 11.9 Å². The van der Waals surface area contributed by atoms with E-state index in [2.05, 4.69) is 31.1 Å². The van der Waals surface area contributed by atoms with Crippen molar-refractivity contribution in [2.24, 2.45) is 0 Å². The number of carbonyl (C=O) groups excluding carboxylic acids is 1. The van der Waals surface area contributed by atoms with Crippen molar-refractivity contribution in [2.45, 2.75) is 38.8 Å². The van der Waals surface area contributed by atoms with Gasteiger partial charge in [-0.2, -0.15) is 0 Å². The Morgan fingerprint density at radius 3 is 2.52 bits per heavy atom. The molecule has 1 atom stereocenters. The van der Waals surface area contributed by atoms with E-state index in [-0.39, 0.29) is 17.5 Å². The first-order valence-corrected chi connectivity index (χ1v) is 9.16. The van der Waals surface area contributed by atoms with Gasteiger partial charge in [0, 0.05) is 41.8 Å². The fourth-order valence-corrected chi connectivity index (χ4v) is 3.46. The van der Waals surface area contributed by atoms with Gasteiger partial charge in [0.1, 0.15) is 5.82 Å². The standard InChI is InChI=1S/C21H23N5O/c1-21(2,3)26-13-15(12-18(26)27)23-20-16-6-4-5-7-17(16)24-19(25-20)14-8-10-22-11-9-14/h4-11,15H,12-13H2,1-3H3,(H,23,24,25). The molecule has 0 spiro atoms. The average molecular weight is 361 g/mol. The number of hydrogen-bond acceptors (Lipinski definition) is 5. The fourth-order valence-electron chi connectivity index (χ4n) is 3.46. The predicted octanol–water partition coefficient (Wildman–Crippen LogP) is 3.50. The molecular formula is C21H23N5O. The second-order valence-corrected chi connectivity index (χ2v) is 7.87. The third kappa shape index (κ3) is 3.47. The first kappa shape index (κ1) is 17.4. The van der Waals surface area contributed by atoms with Crippen molar-refractivity contribution < 1.29 is 4.79 Å². The van der Waals surface area contributed by atoms with Gasteiger partial charge in [0.15, 0.2) is 5.82 Å². The summed E-state index contributed by atoms with van der Waals surface area (Å²) < 4.78 is 0. The van der Waals surface area contributed by atoms with Crippen LogP contribution in [0.25, 0.3) is 22.3 Å². The number of nitrogens with one attached hydrogen (secondary N) is 1. The van der Waals surface area contributed by atoms with Crippen molar-refractivity contribution in [3.63, 3.8) is 0 Å². The molecule has 27 heavy (non-hydrogen) atoms. The van der Waals surface area contributed by atoms with Crippen molar-refractivity contribution >= 4 is 22.6 Å². The van der Waals surface area contributed by atoms with Gasteiger partial charge in [-0.15, -0.1) is 0 Å². The second-order valence-electron chi connectivity index (χ2n) is 7.87. The molecule has 138 valence electrons. The van der Waals surface area contributed by atoms with Crippen LogP contribution in [-0.4, -0.2) is 43.9 Å². The zero-order chi connectivity index (χ0) is 19.0. The van der Waals surface area contributed by atoms with Crippen LogP contribution in [0.2, 0.25) is 0 Å². The molecule has 6 heteroatoms. The van der Waals surface area contributed by atoms with Crippen LogP contribution in [0.3, 0.4) is 0 Å². The topological polar surface area (TPSA) is 71.0 Å². The normalized spacial score (nSPS) is 17.5. The summed E-state index contributed by atoms with van der Waals surface area (Å²) >= 11 is 0. The number of fused-ring (bicyclic) bond motifs is 1. The lowest BCUT2D eigenvalue weighted by Gasteiger charge is -2.32. The molecule has 6 nitrogen and oxygen atoms in total. The highest BCUT2D eigenvalue weighted by atomic mass is 16.2. The molecule has 0 radical (unpaired) electrons. The molecule has 1 amide bonds. The van der Waals surface area contributed by atoms with E-state index in [1.165, 1.54) is 0 Å². The molecule has 1 N–H and O–H groups in total. The van der Waals surface area contributed by atoms with Gasteiger partial charge in [0.05, 0.1) is 11.6 Å². The van der Waals surface area contributed by atoms with Crippen LogP contribution in [0.15, 0.2) is 48.8 Å². The fraction of sp³-hybridized carbons (Fsp3) is 0.333. The van der Waals surface area contributed by atoms with E-state index in [1.54, 1.807) is 12.4 Å². The van der Waals surface area contributed by atoms with Crippen molar-refractivity contribution in [1.29, 1.82) is 0 Å². The van der Waals surface area contributed by atoms with Gasteiger partial charge >= 0.3 is 0 Å². The lowest BCUT2D eigenvalue weighted by molar-refractivity contribution is -0.131. The summed E-state index contributed by atoms with van der Waals surface area (Å²) in [6.07, 6.45) is 3.94. The molecule has 1 unspecified atom stereocenters. The average Bonchev–Trinajstić information content (AvgIpc) is 3.03. The summed E-state index contributed by atoms with van der Waals surface area (Å²) in [7, 11) is 0. The molecule has 1 aromatic carbocycles. The van der Waals surface area contributed by atoms with E-state index in [0.29, 0.717) is 18.8 Å². The third-order valence-electron chi connectivity index (χ3n) is 4.82. The number of rotatable bonds is 3. The van der Waals surface area contributed by atoms with E-state index in [1.807, 2.05) is 41.3 Å². The largest absolute Gasteiger partial charge is 0.364 e. The van der Waals surface area contributed by atoms with Crippen LogP contribution in [0.5, 0.6) is 0 Å². The minimum atomic E-state index is -0.177. The summed E-state index contributed by atoms with van der Waals surface area (Å²) in [6.45, 7) is 6.87. The van der Waals surface area contributed by atoms with Crippen molar-refractivity contribution in [3.05, 3.63) is 48.8 Å². The Morgan fingerprint density at radius 2 is 1.81 bits per heavy atom. The first-order valence-electron chi connectivity index (χ1n) is 9.16. The zero-order valence-corrected chi connectivity index (χ0v) is 15.8. The second kappa shape index (κ2) is 6.61. The number of anilines is 1. The monoisotopic (exact) mass is 361 g/mol. The number of benzene rings is 1. The van der Waals surface area contributed by atoms with Gasteiger partial charge in [-0.25, -0.2) is 9.97 Å². The lowest BCUT2D eigenvalue weighted by Crippen LogP contribution is -2.43. The minimum Gasteiger partial charge on any atom is -0.364 e. The SMILES string of the molecule is CC(C)(C)N1CC(Nc2nc(-c3ccncc3)nc3ccccc23)CC1=O. The van der Waals surface area contributed by atoms with Crippen LogP contribution in [0.4, 0.5) is 5.82 Å². The van der Waals surface area contributed by atoms with Gasteiger partial charge in [-0.05, 0) is 45.0 Å². The molecule has 0 saturated carbocycles. The Kier molecular flexibility index (Phi) is 4.26. The highest BCUT2D eigenvalue weighted by Crippen LogP contribution is 2.28. The molecule has 1 saturated heterocycles. The summed E-state index contributed by atoms with van der Waals surface area (Å²) in [4.78, 5) is 27.9. The molecule has 3 heterocycles.